The van der Waals surface area contributed by atoms with E-state index in [9.17, 15) is 5.11 Å². The molecule has 2 nitrogen and oxygen atoms in total. The average Bonchev–Trinajstić information content (AvgIpc) is 2.34. The van der Waals surface area contributed by atoms with Crippen molar-refractivity contribution < 1.29 is 5.11 Å². The van der Waals surface area contributed by atoms with Gasteiger partial charge in [0.15, 0.2) is 0 Å². The van der Waals surface area contributed by atoms with E-state index in [0.717, 1.165) is 18.4 Å². The van der Waals surface area contributed by atoms with Gasteiger partial charge in [-0.15, -0.1) is 0 Å². The van der Waals surface area contributed by atoms with Crippen LogP contribution in [0.25, 0.3) is 0 Å². The van der Waals surface area contributed by atoms with Gasteiger partial charge >= 0.3 is 0 Å². The number of rotatable bonds is 3. The second-order valence-corrected chi connectivity index (χ2v) is 6.05. The second kappa shape index (κ2) is 5.94. The number of phenols is 1. The van der Waals surface area contributed by atoms with E-state index in [1.165, 1.54) is 31.5 Å². The molecule has 18 heavy (non-hydrogen) atoms. The third-order valence-electron chi connectivity index (χ3n) is 3.99. The summed E-state index contributed by atoms with van der Waals surface area (Å²) in [5.74, 6) is 1.85. The SMILES string of the molecule is CC(C)C1CCN(Cc2ccc(O)c(Cl)c2)CC1. The monoisotopic (exact) mass is 267 g/mol. The van der Waals surface area contributed by atoms with Crippen LogP contribution in [0.3, 0.4) is 0 Å². The Labute approximate surface area is 115 Å². The molecule has 0 atom stereocenters. The van der Waals surface area contributed by atoms with E-state index in [-0.39, 0.29) is 5.75 Å². The number of aromatic hydroxyl groups is 1. The van der Waals surface area contributed by atoms with E-state index in [2.05, 4.69) is 18.7 Å². The highest BCUT2D eigenvalue weighted by Gasteiger charge is 2.21. The number of hydrogen-bond donors (Lipinski definition) is 1. The van der Waals surface area contributed by atoms with Crippen molar-refractivity contribution in [2.75, 3.05) is 13.1 Å². The summed E-state index contributed by atoms with van der Waals surface area (Å²) in [5, 5.41) is 9.85. The van der Waals surface area contributed by atoms with E-state index in [4.69, 9.17) is 11.6 Å². The van der Waals surface area contributed by atoms with Gasteiger partial charge in [0.25, 0.3) is 0 Å². The van der Waals surface area contributed by atoms with E-state index in [1.807, 2.05) is 12.1 Å². The first-order chi connectivity index (χ1) is 8.56. The van der Waals surface area contributed by atoms with Crippen molar-refractivity contribution in [3.05, 3.63) is 28.8 Å². The van der Waals surface area contributed by atoms with Crippen molar-refractivity contribution in [2.24, 2.45) is 11.8 Å². The summed E-state index contributed by atoms with van der Waals surface area (Å²) >= 11 is 5.93. The van der Waals surface area contributed by atoms with Gasteiger partial charge in [0, 0.05) is 6.54 Å². The van der Waals surface area contributed by atoms with Gasteiger partial charge in [0.2, 0.25) is 0 Å². The fourth-order valence-corrected chi connectivity index (χ4v) is 2.89. The van der Waals surface area contributed by atoms with Gasteiger partial charge in [0.05, 0.1) is 5.02 Å². The molecule has 1 aromatic rings. The van der Waals surface area contributed by atoms with E-state index < -0.39 is 0 Å². The molecule has 1 aliphatic rings. The Morgan fingerprint density at radius 1 is 1.33 bits per heavy atom. The maximum absolute atomic E-state index is 9.40. The van der Waals surface area contributed by atoms with Crippen LogP contribution in [0, 0.1) is 11.8 Å². The summed E-state index contributed by atoms with van der Waals surface area (Å²) in [6.07, 6.45) is 2.59. The first-order valence-corrected chi connectivity index (χ1v) is 7.14. The highest BCUT2D eigenvalue weighted by molar-refractivity contribution is 6.32. The zero-order valence-corrected chi connectivity index (χ0v) is 12.0. The summed E-state index contributed by atoms with van der Waals surface area (Å²) in [4.78, 5) is 2.47. The number of phenolic OH excluding ortho intramolecular Hbond substituents is 1. The number of hydrogen-bond acceptors (Lipinski definition) is 2. The van der Waals surface area contributed by atoms with Crippen LogP contribution in [-0.4, -0.2) is 23.1 Å². The number of benzene rings is 1. The van der Waals surface area contributed by atoms with Gasteiger partial charge in [-0.3, -0.25) is 4.90 Å². The normalized spacial score (nSPS) is 18.4. The van der Waals surface area contributed by atoms with Crippen LogP contribution in [0.5, 0.6) is 5.75 Å². The quantitative estimate of drug-likeness (QED) is 0.897. The van der Waals surface area contributed by atoms with Crippen LogP contribution in [0.4, 0.5) is 0 Å². The molecule has 1 aliphatic heterocycles. The van der Waals surface area contributed by atoms with Crippen molar-refractivity contribution in [1.29, 1.82) is 0 Å². The first-order valence-electron chi connectivity index (χ1n) is 6.76. The van der Waals surface area contributed by atoms with Crippen molar-refractivity contribution in [2.45, 2.75) is 33.2 Å². The van der Waals surface area contributed by atoms with Gasteiger partial charge in [-0.05, 0) is 55.5 Å². The van der Waals surface area contributed by atoms with E-state index in [0.29, 0.717) is 5.02 Å². The lowest BCUT2D eigenvalue weighted by Crippen LogP contribution is -2.34. The van der Waals surface area contributed by atoms with Crippen LogP contribution in [0.15, 0.2) is 18.2 Å². The third kappa shape index (κ3) is 3.39. The topological polar surface area (TPSA) is 23.5 Å². The molecular formula is C15H22ClNO. The van der Waals surface area contributed by atoms with Gasteiger partial charge in [-0.2, -0.15) is 0 Å². The van der Waals surface area contributed by atoms with E-state index in [1.54, 1.807) is 6.07 Å². The highest BCUT2D eigenvalue weighted by Crippen LogP contribution is 2.27. The van der Waals surface area contributed by atoms with Gasteiger partial charge in [0.1, 0.15) is 5.75 Å². The van der Waals surface area contributed by atoms with Crippen LogP contribution >= 0.6 is 11.6 Å². The lowest BCUT2D eigenvalue weighted by molar-refractivity contribution is 0.152. The molecule has 2 rings (SSSR count). The molecular weight excluding hydrogens is 246 g/mol. The summed E-state index contributed by atoms with van der Waals surface area (Å²) in [7, 11) is 0. The number of nitrogens with zero attached hydrogens (tertiary/aromatic N) is 1. The Bertz CT molecular complexity index is 397. The highest BCUT2D eigenvalue weighted by atomic mass is 35.5. The van der Waals surface area contributed by atoms with Crippen LogP contribution in [0.1, 0.15) is 32.3 Å². The molecule has 0 aliphatic carbocycles. The van der Waals surface area contributed by atoms with Crippen molar-refractivity contribution in [3.63, 3.8) is 0 Å². The molecule has 0 spiro atoms. The molecule has 3 heteroatoms. The summed E-state index contributed by atoms with van der Waals surface area (Å²) in [5.41, 5.74) is 1.18. The molecule has 100 valence electrons. The summed E-state index contributed by atoms with van der Waals surface area (Å²) in [6.45, 7) is 7.91. The standard InChI is InChI=1S/C15H22ClNO/c1-11(2)13-5-7-17(8-6-13)10-12-3-4-15(18)14(16)9-12/h3-4,9,11,13,18H,5-8,10H2,1-2H3. The Balaban J connectivity index is 1.89. The molecule has 1 fully saturated rings. The number of likely N-dealkylation sites (tertiary alicyclic amines) is 1. The molecule has 1 saturated heterocycles. The molecule has 0 radical (unpaired) electrons. The molecule has 1 heterocycles. The number of piperidine rings is 1. The fraction of sp³-hybridized carbons (Fsp3) is 0.600. The molecule has 0 aromatic heterocycles. The second-order valence-electron chi connectivity index (χ2n) is 5.64. The lowest BCUT2D eigenvalue weighted by atomic mass is 9.86. The minimum absolute atomic E-state index is 0.166. The number of halogens is 1. The van der Waals surface area contributed by atoms with Crippen LogP contribution in [-0.2, 0) is 6.54 Å². The predicted octanol–water partition coefficient (Wildman–Crippen LogP) is 3.91. The van der Waals surface area contributed by atoms with Crippen molar-refractivity contribution in [3.8, 4) is 5.75 Å². The largest absolute Gasteiger partial charge is 0.506 e. The Morgan fingerprint density at radius 2 is 2.00 bits per heavy atom. The Morgan fingerprint density at radius 3 is 2.56 bits per heavy atom. The van der Waals surface area contributed by atoms with E-state index >= 15 is 0 Å². The van der Waals surface area contributed by atoms with Gasteiger partial charge in [-0.25, -0.2) is 0 Å². The maximum Gasteiger partial charge on any atom is 0.134 e. The van der Waals surface area contributed by atoms with Crippen LogP contribution in [0.2, 0.25) is 5.02 Å². The predicted molar refractivity (Wildman–Crippen MR) is 76.0 cm³/mol. The lowest BCUT2D eigenvalue weighted by Gasteiger charge is -2.33. The van der Waals surface area contributed by atoms with Crippen molar-refractivity contribution in [1.82, 2.24) is 4.90 Å². The van der Waals surface area contributed by atoms with Crippen LogP contribution < -0.4 is 0 Å². The minimum atomic E-state index is 0.166. The molecule has 0 unspecified atom stereocenters. The molecule has 0 saturated carbocycles. The average molecular weight is 268 g/mol. The maximum atomic E-state index is 9.40. The van der Waals surface area contributed by atoms with Gasteiger partial charge < -0.3 is 5.11 Å². The molecule has 0 amide bonds. The molecule has 1 aromatic carbocycles. The zero-order chi connectivity index (χ0) is 13.1. The minimum Gasteiger partial charge on any atom is -0.506 e. The Hall–Kier alpha value is -0.730. The van der Waals surface area contributed by atoms with Gasteiger partial charge in [-0.1, -0.05) is 31.5 Å². The zero-order valence-electron chi connectivity index (χ0n) is 11.2. The summed E-state index contributed by atoms with van der Waals surface area (Å²) in [6, 6.07) is 5.50. The fourth-order valence-electron chi connectivity index (χ4n) is 2.68. The molecule has 0 bridgehead atoms. The molecule has 1 N–H and O–H groups in total. The Kier molecular flexibility index (Phi) is 4.52. The smallest absolute Gasteiger partial charge is 0.134 e. The third-order valence-corrected chi connectivity index (χ3v) is 4.30. The first kappa shape index (κ1) is 13.7. The summed E-state index contributed by atoms with van der Waals surface area (Å²) < 4.78 is 0. The van der Waals surface area contributed by atoms with Crippen molar-refractivity contribution >= 4 is 11.6 Å².